The van der Waals surface area contributed by atoms with E-state index in [9.17, 15) is 44.4 Å². The summed E-state index contributed by atoms with van der Waals surface area (Å²) in [6.45, 7) is 0. The van der Waals surface area contributed by atoms with Crippen LogP contribution in [0.3, 0.4) is 0 Å². The van der Waals surface area contributed by atoms with Crippen molar-refractivity contribution >= 4 is 130 Å². The summed E-state index contributed by atoms with van der Waals surface area (Å²) in [5.41, 5.74) is -2.42. The Bertz CT molecular complexity index is 2070. The van der Waals surface area contributed by atoms with Gasteiger partial charge in [0.05, 0.1) is 22.4 Å². The molecule has 3 rings (SSSR count). The number of carboxylic acids is 4. The molecule has 0 fully saturated rings. The molecule has 0 spiro atoms. The molecular formula is C22H26AlClNNaO22S4. The van der Waals surface area contributed by atoms with Crippen molar-refractivity contribution in [2.24, 2.45) is 0 Å². The van der Waals surface area contributed by atoms with E-state index in [4.69, 9.17) is 51.6 Å². The van der Waals surface area contributed by atoms with Crippen LogP contribution in [0.5, 0.6) is 5.75 Å². The van der Waals surface area contributed by atoms with Gasteiger partial charge in [-0.1, -0.05) is 30.3 Å². The Labute approximate surface area is 332 Å². The number of hydrogen-bond donors (Lipinski definition) is 10. The summed E-state index contributed by atoms with van der Waals surface area (Å²) in [6, 6.07) is 13.2. The van der Waals surface area contributed by atoms with Gasteiger partial charge >= 0.3 is 84.5 Å². The van der Waals surface area contributed by atoms with Crippen molar-refractivity contribution in [3.63, 3.8) is 0 Å². The monoisotopic (exact) mass is 869 g/mol. The van der Waals surface area contributed by atoms with Gasteiger partial charge in [-0.2, -0.15) is 33.7 Å². The van der Waals surface area contributed by atoms with E-state index in [2.05, 4.69) is 4.18 Å². The molecular weight excluding hydrogens is 844 g/mol. The van der Waals surface area contributed by atoms with E-state index < -0.39 is 86.9 Å². The molecule has 0 aliphatic rings. The van der Waals surface area contributed by atoms with E-state index in [-0.39, 0.29) is 76.1 Å². The van der Waals surface area contributed by atoms with Crippen molar-refractivity contribution in [3.05, 3.63) is 89.0 Å². The van der Waals surface area contributed by atoms with E-state index in [1.54, 1.807) is 4.72 Å². The van der Waals surface area contributed by atoms with E-state index in [1.165, 1.54) is 36.4 Å². The van der Waals surface area contributed by atoms with Crippen LogP contribution in [0.1, 0.15) is 41.4 Å². The Balaban J connectivity index is -0.000000304. The molecule has 0 aromatic heterocycles. The van der Waals surface area contributed by atoms with Gasteiger partial charge in [-0.25, -0.2) is 19.2 Å². The average Bonchev–Trinajstić information content (AvgIpc) is 2.90. The van der Waals surface area contributed by atoms with Crippen LogP contribution < -0.4 is 8.91 Å². The molecule has 52 heavy (non-hydrogen) atoms. The van der Waals surface area contributed by atoms with Crippen LogP contribution in [0.4, 0.5) is 5.69 Å². The molecule has 0 amide bonds. The van der Waals surface area contributed by atoms with Gasteiger partial charge < -0.3 is 24.6 Å². The molecule has 0 aliphatic carbocycles. The molecule has 0 heterocycles. The number of para-hydroxylation sites is 2. The number of aromatic carboxylic acids is 4. The van der Waals surface area contributed by atoms with Crippen molar-refractivity contribution in [2.45, 2.75) is 4.90 Å². The van der Waals surface area contributed by atoms with Crippen LogP contribution in [-0.2, 0) is 41.2 Å². The minimum atomic E-state index is -4.78. The van der Waals surface area contributed by atoms with Gasteiger partial charge in [-0.15, -0.1) is 12.4 Å². The number of nitrogens with one attached hydrogen (secondary N) is 1. The molecule has 30 heteroatoms. The molecule has 0 bridgehead atoms. The molecule has 23 nitrogen and oxygen atoms in total. The van der Waals surface area contributed by atoms with Crippen LogP contribution in [0.2, 0.25) is 0 Å². The molecule has 3 aromatic rings. The van der Waals surface area contributed by atoms with E-state index >= 15 is 0 Å². The normalized spacial score (nSPS) is 10.4. The molecule has 286 valence electrons. The molecule has 0 radical (unpaired) electrons. The summed E-state index contributed by atoms with van der Waals surface area (Å²) in [5, 5.41) is 34.6. The third-order valence-electron chi connectivity index (χ3n) is 4.46. The molecule has 0 aliphatic heterocycles. The summed E-state index contributed by atoms with van der Waals surface area (Å²) in [6.07, 6.45) is 0. The first-order chi connectivity index (χ1) is 22.0. The number of carboxylic acid groups (broad SMARTS) is 4. The topological polar surface area (TPSA) is 408 Å². The first kappa shape index (κ1) is 55.3. The van der Waals surface area contributed by atoms with E-state index in [0.29, 0.717) is 0 Å². The Morgan fingerprint density at radius 1 is 0.558 bits per heavy atom. The Kier molecular flexibility index (Phi) is 24.8. The molecule has 10 N–H and O–H groups in total. The average molecular weight is 870 g/mol. The maximum absolute atomic E-state index is 10.8. The van der Waals surface area contributed by atoms with Gasteiger partial charge in [0, 0.05) is 0 Å². The first-order valence-electron chi connectivity index (χ1n) is 11.4. The summed E-state index contributed by atoms with van der Waals surface area (Å²) in [5.74, 6) is -6.39. The van der Waals surface area contributed by atoms with Gasteiger partial charge in [0.1, 0.15) is 10.5 Å². The predicted octanol–water partition coefficient (Wildman–Crippen LogP) is -0.568. The number of benzene rings is 3. The van der Waals surface area contributed by atoms with Crippen LogP contribution in [0.25, 0.3) is 0 Å². The van der Waals surface area contributed by atoms with Crippen molar-refractivity contribution < 1.29 is 100 Å². The van der Waals surface area contributed by atoms with Crippen molar-refractivity contribution in [1.82, 2.24) is 0 Å². The second kappa shape index (κ2) is 23.3. The number of anilines is 1. The van der Waals surface area contributed by atoms with Crippen LogP contribution >= 0.6 is 12.4 Å². The molecule has 0 atom stereocenters. The van der Waals surface area contributed by atoms with Gasteiger partial charge in [0.25, 0.3) is 10.1 Å². The van der Waals surface area contributed by atoms with Gasteiger partial charge in [-0.05, 0) is 36.4 Å². The number of rotatable bonds is 9. The zero-order valence-electron chi connectivity index (χ0n) is 23.7. The van der Waals surface area contributed by atoms with Crippen molar-refractivity contribution in [2.75, 3.05) is 4.72 Å². The van der Waals surface area contributed by atoms with Gasteiger partial charge in [-0.3, -0.25) is 27.5 Å². The number of carbonyl (C=O) groups is 4. The van der Waals surface area contributed by atoms with Crippen LogP contribution in [-0.4, -0.2) is 148 Å². The second-order valence-electron chi connectivity index (χ2n) is 7.95. The summed E-state index contributed by atoms with van der Waals surface area (Å²) in [4.78, 5) is 41.6. The Hall–Kier alpha value is -3.44. The Morgan fingerprint density at radius 2 is 0.942 bits per heavy atom. The summed E-state index contributed by atoms with van der Waals surface area (Å²) >= 11 is 0. The third kappa shape index (κ3) is 23.2. The summed E-state index contributed by atoms with van der Waals surface area (Å²) < 4.78 is 126. The number of halogens is 1. The Morgan fingerprint density at radius 3 is 1.31 bits per heavy atom. The SMILES string of the molecule is Cl.O=C(O)c1cccc(S(=O)(=O)O)c1C(=O)O.O=C(O)c1ccccc1NS(=O)(=O)O.O=C(O)c1ccccc1OS(=O)(=O)O.O=S(=O)(O)O.[AlH3].[NaH]. The first-order valence-corrected chi connectivity index (χ1v) is 17.0. The van der Waals surface area contributed by atoms with E-state index in [0.717, 1.165) is 30.3 Å². The fourth-order valence-electron chi connectivity index (χ4n) is 2.87. The zero-order valence-corrected chi connectivity index (χ0v) is 27.8. The van der Waals surface area contributed by atoms with Gasteiger partial charge in [0.15, 0.2) is 23.1 Å². The number of hydrogen-bond acceptors (Lipinski definition) is 13. The quantitative estimate of drug-likeness (QED) is 0.0951. The fourth-order valence-corrected chi connectivity index (χ4v) is 4.41. The minimum absolute atomic E-state index is 0. The van der Waals surface area contributed by atoms with Gasteiger partial charge in [0.2, 0.25) is 0 Å². The standard InChI is InChI=1S/C8H6O7S.C7H7NO5S.C7H6O6S.Al.ClH.Na.H2O4S.4H/c9-7(10)4-2-1-3-5(16(13,14)15)6(4)8(11)12;9-7(10)5-3-1-2-4-6(5)8-14(11,12)13;8-7(9)5-3-1-2-4-6(5)13-14(10,11)12;;;;1-5(2,3)4;;;;/h1-3H,(H,9,10)(H,11,12)(H,13,14,15);1-4,8H,(H,9,10)(H,11,12,13);1-4H,(H,8,9)(H,10,11,12);;1H;;(H2,1,2,3,4);;;;. The maximum atomic E-state index is 10.8. The van der Waals surface area contributed by atoms with Crippen LogP contribution in [0, 0.1) is 0 Å². The van der Waals surface area contributed by atoms with E-state index in [1.807, 2.05) is 0 Å². The fraction of sp³-hybridized carbons (Fsp3) is 0. The van der Waals surface area contributed by atoms with Crippen molar-refractivity contribution in [1.29, 1.82) is 0 Å². The zero-order chi connectivity index (χ0) is 38.5. The third-order valence-corrected chi connectivity index (χ3v) is 6.22. The molecule has 0 saturated carbocycles. The van der Waals surface area contributed by atoms with Crippen molar-refractivity contribution in [3.8, 4) is 5.75 Å². The second-order valence-corrected chi connectivity index (χ2v) is 12.4. The predicted molar refractivity (Wildman–Crippen MR) is 183 cm³/mol. The molecule has 0 saturated heterocycles. The summed E-state index contributed by atoms with van der Waals surface area (Å²) in [7, 11) is -18.6. The molecule has 3 aromatic carbocycles. The van der Waals surface area contributed by atoms with Crippen LogP contribution in [0.15, 0.2) is 71.6 Å². The molecule has 0 unspecified atom stereocenters.